The number of rotatable bonds is 4. The highest BCUT2D eigenvalue weighted by molar-refractivity contribution is 7.80. The van der Waals surface area contributed by atoms with E-state index in [9.17, 15) is 4.79 Å². The van der Waals surface area contributed by atoms with Gasteiger partial charge in [-0.05, 0) is 13.3 Å². The predicted molar refractivity (Wildman–Crippen MR) is 79.6 cm³/mol. The van der Waals surface area contributed by atoms with Crippen LogP contribution in [0.4, 0.5) is 0 Å². The Kier molecular flexibility index (Phi) is 4.72. The van der Waals surface area contributed by atoms with Crippen molar-refractivity contribution in [1.82, 2.24) is 15.0 Å². The van der Waals surface area contributed by atoms with E-state index < -0.39 is 0 Å². The van der Waals surface area contributed by atoms with E-state index in [1.807, 2.05) is 0 Å². The maximum absolute atomic E-state index is 12.2. The van der Waals surface area contributed by atoms with Gasteiger partial charge in [-0.25, -0.2) is 0 Å². The van der Waals surface area contributed by atoms with Crippen molar-refractivity contribution >= 4 is 23.1 Å². The zero-order valence-electron chi connectivity index (χ0n) is 11.8. The van der Waals surface area contributed by atoms with E-state index >= 15 is 0 Å². The quantitative estimate of drug-likeness (QED) is 0.829. The lowest BCUT2D eigenvalue weighted by atomic mass is 10.1. The molecule has 1 aliphatic heterocycles. The zero-order chi connectivity index (χ0) is 14.7. The average molecular weight is 296 g/mol. The maximum Gasteiger partial charge on any atom is 0.292 e. The fourth-order valence-corrected chi connectivity index (χ4v) is 2.81. The van der Waals surface area contributed by atoms with Crippen molar-refractivity contribution in [2.75, 3.05) is 26.2 Å². The van der Waals surface area contributed by atoms with E-state index in [2.05, 4.69) is 17.0 Å². The monoisotopic (exact) mass is 296 g/mol. The lowest BCUT2D eigenvalue weighted by Crippen LogP contribution is -2.54. The van der Waals surface area contributed by atoms with Crippen molar-refractivity contribution in [1.29, 1.82) is 0 Å². The standard InChI is InChI=1S/C13H20N4O2S/c1-3-10(12(14)20)16-4-6-17(7-5-16)13(18)11-8-9(2)15-19-11/h8,10H,3-7H2,1-2H3,(H2,14,20). The first-order chi connectivity index (χ1) is 9.52. The minimum absolute atomic E-state index is 0.103. The predicted octanol–water partition coefficient (Wildman–Crippen LogP) is 0.806. The molecule has 2 N–H and O–H groups in total. The molecule has 110 valence electrons. The number of nitrogens with zero attached hydrogens (tertiary/aromatic N) is 3. The fraction of sp³-hybridized carbons (Fsp3) is 0.615. The normalized spacial score (nSPS) is 18.0. The summed E-state index contributed by atoms with van der Waals surface area (Å²) in [7, 11) is 0. The fourth-order valence-electron chi connectivity index (χ4n) is 2.50. The zero-order valence-corrected chi connectivity index (χ0v) is 12.7. The van der Waals surface area contributed by atoms with Crippen LogP contribution in [0.3, 0.4) is 0 Å². The second kappa shape index (κ2) is 6.32. The van der Waals surface area contributed by atoms with Gasteiger partial charge in [0.2, 0.25) is 5.76 Å². The van der Waals surface area contributed by atoms with Gasteiger partial charge in [0.05, 0.1) is 16.7 Å². The third-order valence-corrected chi connectivity index (χ3v) is 3.87. The van der Waals surface area contributed by atoms with Crippen LogP contribution in [0.5, 0.6) is 0 Å². The molecule has 7 heteroatoms. The molecule has 20 heavy (non-hydrogen) atoms. The molecule has 1 aromatic rings. The molecule has 2 rings (SSSR count). The SMILES string of the molecule is CCC(C(N)=S)N1CCN(C(=O)c2cc(C)no2)CC1. The molecule has 0 aromatic carbocycles. The minimum Gasteiger partial charge on any atom is -0.392 e. The van der Waals surface area contributed by atoms with Gasteiger partial charge < -0.3 is 15.2 Å². The molecule has 1 unspecified atom stereocenters. The molecule has 1 aliphatic rings. The largest absolute Gasteiger partial charge is 0.392 e. The maximum atomic E-state index is 12.2. The van der Waals surface area contributed by atoms with Crippen LogP contribution in [-0.4, -0.2) is 58.1 Å². The Morgan fingerprint density at radius 3 is 2.60 bits per heavy atom. The van der Waals surface area contributed by atoms with Gasteiger partial charge in [-0.15, -0.1) is 0 Å². The highest BCUT2D eigenvalue weighted by atomic mass is 32.1. The van der Waals surface area contributed by atoms with Gasteiger partial charge in [0.1, 0.15) is 0 Å². The molecular formula is C13H20N4O2S. The molecule has 1 fully saturated rings. The summed E-state index contributed by atoms with van der Waals surface area (Å²) in [6, 6.07) is 1.79. The minimum atomic E-state index is -0.103. The number of thiocarbonyl (C=S) groups is 1. The summed E-state index contributed by atoms with van der Waals surface area (Å²) in [5.41, 5.74) is 6.47. The number of nitrogens with two attached hydrogens (primary N) is 1. The number of carbonyl (C=O) groups is 1. The van der Waals surface area contributed by atoms with Crippen LogP contribution in [0.1, 0.15) is 29.6 Å². The smallest absolute Gasteiger partial charge is 0.292 e. The number of aromatic nitrogens is 1. The van der Waals surface area contributed by atoms with Crippen molar-refractivity contribution in [3.05, 3.63) is 17.5 Å². The van der Waals surface area contributed by atoms with E-state index in [0.717, 1.165) is 19.5 Å². The summed E-state index contributed by atoms with van der Waals surface area (Å²) < 4.78 is 5.02. The summed E-state index contributed by atoms with van der Waals surface area (Å²) in [4.78, 5) is 16.8. The number of amides is 1. The van der Waals surface area contributed by atoms with Crippen LogP contribution in [0.25, 0.3) is 0 Å². The first-order valence-corrected chi connectivity index (χ1v) is 7.19. The summed E-state index contributed by atoms with van der Waals surface area (Å²) in [6.45, 7) is 6.71. The Labute approximate surface area is 123 Å². The second-order valence-electron chi connectivity index (χ2n) is 4.99. The third-order valence-electron chi connectivity index (χ3n) is 3.60. The Hall–Kier alpha value is -1.47. The van der Waals surface area contributed by atoms with Gasteiger partial charge in [-0.3, -0.25) is 9.69 Å². The summed E-state index contributed by atoms with van der Waals surface area (Å²) >= 11 is 5.09. The van der Waals surface area contributed by atoms with Crippen molar-refractivity contribution in [2.45, 2.75) is 26.3 Å². The molecule has 2 heterocycles. The summed E-state index contributed by atoms with van der Waals surface area (Å²) in [6.07, 6.45) is 0.893. The van der Waals surface area contributed by atoms with Gasteiger partial charge in [0.25, 0.3) is 5.91 Å². The highest BCUT2D eigenvalue weighted by Gasteiger charge is 2.28. The van der Waals surface area contributed by atoms with E-state index in [4.69, 9.17) is 22.5 Å². The Morgan fingerprint density at radius 2 is 2.15 bits per heavy atom. The molecule has 0 aliphatic carbocycles. The number of piperazine rings is 1. The highest BCUT2D eigenvalue weighted by Crippen LogP contribution is 2.13. The van der Waals surface area contributed by atoms with E-state index in [1.54, 1.807) is 17.9 Å². The molecule has 6 nitrogen and oxygen atoms in total. The molecule has 0 bridgehead atoms. The Bertz CT molecular complexity index is 494. The summed E-state index contributed by atoms with van der Waals surface area (Å²) in [5, 5.41) is 3.75. The average Bonchev–Trinajstić information content (AvgIpc) is 2.86. The number of carbonyl (C=O) groups excluding carboxylic acids is 1. The number of hydrogen-bond acceptors (Lipinski definition) is 5. The van der Waals surface area contributed by atoms with Crippen molar-refractivity contribution in [2.24, 2.45) is 5.73 Å². The van der Waals surface area contributed by atoms with Gasteiger partial charge in [-0.2, -0.15) is 0 Å². The molecule has 0 saturated carbocycles. The van der Waals surface area contributed by atoms with Gasteiger partial charge in [0.15, 0.2) is 0 Å². The molecular weight excluding hydrogens is 276 g/mol. The Balaban J connectivity index is 1.94. The van der Waals surface area contributed by atoms with Crippen LogP contribution >= 0.6 is 12.2 Å². The van der Waals surface area contributed by atoms with Crippen molar-refractivity contribution in [3.63, 3.8) is 0 Å². The summed E-state index contributed by atoms with van der Waals surface area (Å²) in [5.74, 6) is 0.200. The van der Waals surface area contributed by atoms with Crippen LogP contribution < -0.4 is 5.73 Å². The van der Waals surface area contributed by atoms with E-state index in [1.165, 1.54) is 0 Å². The number of aryl methyl sites for hydroxylation is 1. The van der Waals surface area contributed by atoms with Gasteiger partial charge >= 0.3 is 0 Å². The van der Waals surface area contributed by atoms with E-state index in [0.29, 0.717) is 29.5 Å². The van der Waals surface area contributed by atoms with Crippen molar-refractivity contribution in [3.8, 4) is 0 Å². The molecule has 1 atom stereocenters. The molecule has 1 saturated heterocycles. The van der Waals surface area contributed by atoms with Crippen LogP contribution in [-0.2, 0) is 0 Å². The van der Waals surface area contributed by atoms with Crippen LogP contribution in [0.15, 0.2) is 10.6 Å². The second-order valence-corrected chi connectivity index (χ2v) is 5.46. The topological polar surface area (TPSA) is 75.6 Å². The Morgan fingerprint density at radius 1 is 1.50 bits per heavy atom. The van der Waals surface area contributed by atoms with Crippen LogP contribution in [0.2, 0.25) is 0 Å². The van der Waals surface area contributed by atoms with Crippen molar-refractivity contribution < 1.29 is 9.32 Å². The number of hydrogen-bond donors (Lipinski definition) is 1. The van der Waals surface area contributed by atoms with Gasteiger partial charge in [-0.1, -0.05) is 24.3 Å². The van der Waals surface area contributed by atoms with E-state index in [-0.39, 0.29) is 11.9 Å². The van der Waals surface area contributed by atoms with Gasteiger partial charge in [0, 0.05) is 32.2 Å². The molecule has 1 aromatic heterocycles. The van der Waals surface area contributed by atoms with Crippen LogP contribution in [0, 0.1) is 6.92 Å². The third kappa shape index (κ3) is 3.16. The first-order valence-electron chi connectivity index (χ1n) is 6.79. The molecule has 0 spiro atoms. The molecule has 1 amide bonds. The lowest BCUT2D eigenvalue weighted by Gasteiger charge is -2.38. The first kappa shape index (κ1) is 14.9. The molecule has 0 radical (unpaired) electrons. The lowest BCUT2D eigenvalue weighted by molar-refractivity contribution is 0.0573.